The number of hydrogen-bond donors (Lipinski definition) is 2. The van der Waals surface area contributed by atoms with Crippen LogP contribution in [0.1, 0.15) is 26.2 Å². The predicted octanol–water partition coefficient (Wildman–Crippen LogP) is 0.775. The van der Waals surface area contributed by atoms with Gasteiger partial charge in [-0.15, -0.1) is 0 Å². The van der Waals surface area contributed by atoms with Crippen molar-refractivity contribution in [1.82, 2.24) is 10.6 Å². The Kier molecular flexibility index (Phi) is 4.80. The summed E-state index contributed by atoms with van der Waals surface area (Å²) in [6, 6.07) is 0. The van der Waals surface area contributed by atoms with Crippen molar-refractivity contribution in [1.29, 1.82) is 0 Å². The van der Waals surface area contributed by atoms with Gasteiger partial charge in [-0.25, -0.2) is 0 Å². The van der Waals surface area contributed by atoms with E-state index in [1.54, 1.807) is 0 Å². The molecule has 4 heteroatoms. The number of carbonyl (C=O) groups excluding carboxylic acids is 1. The third-order valence-corrected chi connectivity index (χ3v) is 3.76. The standard InChI is InChI=1S/C13H24N2O2/c1-10-5-12(8-14-6-10)13(16)15-7-11-3-2-4-17-9-11/h10-12,14H,2-9H2,1H3,(H,15,16). The molecule has 17 heavy (non-hydrogen) atoms. The minimum atomic E-state index is 0.156. The van der Waals surface area contributed by atoms with Crippen LogP contribution in [0.3, 0.4) is 0 Å². The van der Waals surface area contributed by atoms with E-state index in [1.165, 1.54) is 6.42 Å². The van der Waals surface area contributed by atoms with Gasteiger partial charge in [-0.2, -0.15) is 0 Å². The molecule has 0 aromatic heterocycles. The van der Waals surface area contributed by atoms with Gasteiger partial charge in [0.25, 0.3) is 0 Å². The van der Waals surface area contributed by atoms with E-state index in [1.807, 2.05) is 0 Å². The molecule has 0 saturated carbocycles. The largest absolute Gasteiger partial charge is 0.381 e. The second kappa shape index (κ2) is 6.36. The van der Waals surface area contributed by atoms with Crippen LogP contribution in [-0.4, -0.2) is 38.8 Å². The summed E-state index contributed by atoms with van der Waals surface area (Å²) in [5.41, 5.74) is 0. The second-order valence-corrected chi connectivity index (χ2v) is 5.52. The lowest BCUT2D eigenvalue weighted by molar-refractivity contribution is -0.126. The summed E-state index contributed by atoms with van der Waals surface area (Å²) in [6.45, 7) is 6.54. The van der Waals surface area contributed by atoms with E-state index in [-0.39, 0.29) is 11.8 Å². The first-order chi connectivity index (χ1) is 8.25. The van der Waals surface area contributed by atoms with Crippen LogP contribution < -0.4 is 10.6 Å². The van der Waals surface area contributed by atoms with Crippen LogP contribution in [0.2, 0.25) is 0 Å². The molecule has 0 aromatic carbocycles. The van der Waals surface area contributed by atoms with Gasteiger partial charge in [0.2, 0.25) is 5.91 Å². The van der Waals surface area contributed by atoms with Crippen molar-refractivity contribution in [3.63, 3.8) is 0 Å². The number of hydrogen-bond acceptors (Lipinski definition) is 3. The maximum atomic E-state index is 12.0. The molecule has 2 N–H and O–H groups in total. The van der Waals surface area contributed by atoms with Crippen molar-refractivity contribution in [2.75, 3.05) is 32.8 Å². The predicted molar refractivity (Wildman–Crippen MR) is 66.7 cm³/mol. The van der Waals surface area contributed by atoms with E-state index in [9.17, 15) is 4.79 Å². The normalized spacial score (nSPS) is 34.3. The highest BCUT2D eigenvalue weighted by atomic mass is 16.5. The Morgan fingerprint density at radius 2 is 2.35 bits per heavy atom. The van der Waals surface area contributed by atoms with Crippen LogP contribution in [0.25, 0.3) is 0 Å². The van der Waals surface area contributed by atoms with Gasteiger partial charge in [-0.1, -0.05) is 6.92 Å². The Labute approximate surface area is 103 Å². The molecule has 98 valence electrons. The van der Waals surface area contributed by atoms with Gasteiger partial charge in [-0.3, -0.25) is 4.79 Å². The number of rotatable bonds is 3. The van der Waals surface area contributed by atoms with Gasteiger partial charge in [0.05, 0.1) is 12.5 Å². The molecule has 0 aliphatic carbocycles. The summed E-state index contributed by atoms with van der Waals surface area (Å²) < 4.78 is 5.41. The van der Waals surface area contributed by atoms with Crippen LogP contribution >= 0.6 is 0 Å². The number of amides is 1. The minimum Gasteiger partial charge on any atom is -0.381 e. The molecule has 0 spiro atoms. The molecule has 3 unspecified atom stereocenters. The highest BCUT2D eigenvalue weighted by molar-refractivity contribution is 5.79. The molecule has 2 fully saturated rings. The van der Waals surface area contributed by atoms with E-state index in [0.29, 0.717) is 11.8 Å². The van der Waals surface area contributed by atoms with E-state index in [2.05, 4.69) is 17.6 Å². The number of nitrogens with one attached hydrogen (secondary N) is 2. The first-order valence-corrected chi connectivity index (χ1v) is 6.82. The highest BCUT2D eigenvalue weighted by Crippen LogP contribution is 2.16. The Morgan fingerprint density at radius 3 is 3.06 bits per heavy atom. The molecule has 1 amide bonds. The maximum absolute atomic E-state index is 12.0. The van der Waals surface area contributed by atoms with Crippen LogP contribution in [0.4, 0.5) is 0 Å². The monoisotopic (exact) mass is 240 g/mol. The van der Waals surface area contributed by atoms with Gasteiger partial charge in [0.15, 0.2) is 0 Å². The first-order valence-electron chi connectivity index (χ1n) is 6.82. The van der Waals surface area contributed by atoms with Gasteiger partial charge in [0, 0.05) is 19.7 Å². The number of ether oxygens (including phenoxy) is 1. The summed E-state index contributed by atoms with van der Waals surface area (Å²) in [6.07, 6.45) is 3.32. The molecular weight excluding hydrogens is 216 g/mol. The molecule has 0 radical (unpaired) electrons. The molecule has 3 atom stereocenters. The van der Waals surface area contributed by atoms with Crippen LogP contribution in [0.5, 0.6) is 0 Å². The van der Waals surface area contributed by atoms with Crippen molar-refractivity contribution in [3.05, 3.63) is 0 Å². The molecule has 4 nitrogen and oxygen atoms in total. The smallest absolute Gasteiger partial charge is 0.224 e. The van der Waals surface area contributed by atoms with Crippen molar-refractivity contribution in [3.8, 4) is 0 Å². The van der Waals surface area contributed by atoms with Crippen molar-refractivity contribution in [2.45, 2.75) is 26.2 Å². The maximum Gasteiger partial charge on any atom is 0.224 e. The lowest BCUT2D eigenvalue weighted by Gasteiger charge is -2.28. The Hall–Kier alpha value is -0.610. The minimum absolute atomic E-state index is 0.156. The number of piperidine rings is 1. The average molecular weight is 240 g/mol. The molecule has 2 aliphatic heterocycles. The summed E-state index contributed by atoms with van der Waals surface area (Å²) in [7, 11) is 0. The first kappa shape index (κ1) is 12.8. The molecule has 0 aromatic rings. The Morgan fingerprint density at radius 1 is 1.47 bits per heavy atom. The number of carbonyl (C=O) groups is 1. The molecule has 0 bridgehead atoms. The van der Waals surface area contributed by atoms with E-state index < -0.39 is 0 Å². The SMILES string of the molecule is CC1CNCC(C(=O)NCC2CCCOC2)C1. The highest BCUT2D eigenvalue weighted by Gasteiger charge is 2.25. The lowest BCUT2D eigenvalue weighted by Crippen LogP contribution is -2.45. The van der Waals surface area contributed by atoms with Gasteiger partial charge in [-0.05, 0) is 37.6 Å². The third-order valence-electron chi connectivity index (χ3n) is 3.76. The van der Waals surface area contributed by atoms with Gasteiger partial charge in [0.1, 0.15) is 0 Å². The average Bonchev–Trinajstić information content (AvgIpc) is 2.37. The fourth-order valence-electron chi connectivity index (χ4n) is 2.71. The second-order valence-electron chi connectivity index (χ2n) is 5.52. The zero-order valence-electron chi connectivity index (χ0n) is 10.7. The van der Waals surface area contributed by atoms with Crippen LogP contribution in [0.15, 0.2) is 0 Å². The summed E-state index contributed by atoms with van der Waals surface area (Å²) in [5.74, 6) is 1.50. The Bertz CT molecular complexity index is 252. The van der Waals surface area contributed by atoms with Gasteiger partial charge < -0.3 is 15.4 Å². The Balaban J connectivity index is 1.69. The van der Waals surface area contributed by atoms with E-state index in [4.69, 9.17) is 4.74 Å². The third kappa shape index (κ3) is 3.96. The lowest BCUT2D eigenvalue weighted by atomic mass is 9.91. The zero-order valence-corrected chi connectivity index (χ0v) is 10.7. The van der Waals surface area contributed by atoms with Gasteiger partial charge >= 0.3 is 0 Å². The van der Waals surface area contributed by atoms with E-state index in [0.717, 1.165) is 45.7 Å². The molecule has 2 aliphatic rings. The topological polar surface area (TPSA) is 50.4 Å². The molecule has 2 rings (SSSR count). The summed E-state index contributed by atoms with van der Waals surface area (Å²) in [5, 5.41) is 6.40. The van der Waals surface area contributed by atoms with Crippen LogP contribution in [0, 0.1) is 17.8 Å². The van der Waals surface area contributed by atoms with Crippen molar-refractivity contribution < 1.29 is 9.53 Å². The summed E-state index contributed by atoms with van der Waals surface area (Å²) in [4.78, 5) is 12.0. The van der Waals surface area contributed by atoms with Crippen molar-refractivity contribution in [2.24, 2.45) is 17.8 Å². The van der Waals surface area contributed by atoms with Crippen molar-refractivity contribution >= 4 is 5.91 Å². The fraction of sp³-hybridized carbons (Fsp3) is 0.923. The quantitative estimate of drug-likeness (QED) is 0.766. The fourth-order valence-corrected chi connectivity index (χ4v) is 2.71. The zero-order chi connectivity index (χ0) is 12.1. The van der Waals surface area contributed by atoms with Crippen LogP contribution in [-0.2, 0) is 9.53 Å². The summed E-state index contributed by atoms with van der Waals surface area (Å²) >= 11 is 0. The molecule has 2 saturated heterocycles. The molecular formula is C13H24N2O2. The molecule has 2 heterocycles. The van der Waals surface area contributed by atoms with E-state index >= 15 is 0 Å².